The Morgan fingerprint density at radius 3 is 2.27 bits per heavy atom. The molecule has 0 atom stereocenters. The van der Waals surface area contributed by atoms with E-state index in [1.165, 1.54) is 12.0 Å². The van der Waals surface area contributed by atoms with Gasteiger partial charge in [0.2, 0.25) is 10.0 Å². The summed E-state index contributed by atoms with van der Waals surface area (Å²) in [6.07, 6.45) is 12.6. The maximum Gasteiger partial charge on any atom is 0.264 e. The standard InChI is InChI=1S/C42H49N5O7S/c1-25(2)55(50,51)44-41(48)27-12-14-35-37(18-27)45-20-29(16-28-17-33(52-3)13-15-34(28)40(45)38(35)26-8-5-4-6-9-26)39-36(19-43-47(39)30-10-7-11-30)42(49)46-31-21-53-23-32(46)24-54-22-31/h12-19,25-26,30-32H,4-11,20-24H2,1-3H3,(H,44,48). The van der Waals surface area contributed by atoms with E-state index in [0.29, 0.717) is 44.5 Å². The Balaban J connectivity index is 1.26. The normalized spacial score (nSPS) is 21.7. The Hall–Kier alpha value is -4.46. The molecule has 0 radical (unpaired) electrons. The van der Waals surface area contributed by atoms with Crippen LogP contribution in [0, 0.1) is 0 Å². The van der Waals surface area contributed by atoms with Gasteiger partial charge in [-0.05, 0) is 105 Å². The van der Waals surface area contributed by atoms with E-state index < -0.39 is 21.2 Å². The zero-order valence-corrected chi connectivity index (χ0v) is 32.6. The molecule has 2 saturated heterocycles. The van der Waals surface area contributed by atoms with Crippen molar-refractivity contribution in [1.29, 1.82) is 0 Å². The SMILES string of the molecule is COc1ccc2c(c1)C=C(c1c(C(=O)N3C4COCC3COC4)cnn1C1CCC1)Cn1c-2c(C2CCCCC2)c2ccc(C(=O)NS(=O)(=O)C(C)C)cc21. The molecule has 3 aliphatic heterocycles. The first-order valence-electron chi connectivity index (χ1n) is 19.8. The lowest BCUT2D eigenvalue weighted by Crippen LogP contribution is -2.61. The van der Waals surface area contributed by atoms with Gasteiger partial charge in [-0.25, -0.2) is 13.1 Å². The van der Waals surface area contributed by atoms with Gasteiger partial charge in [0.15, 0.2) is 0 Å². The monoisotopic (exact) mass is 767 g/mol. The van der Waals surface area contributed by atoms with Gasteiger partial charge in [-0.1, -0.05) is 25.3 Å². The smallest absolute Gasteiger partial charge is 0.264 e. The van der Waals surface area contributed by atoms with Crippen LogP contribution in [-0.2, 0) is 26.0 Å². The number of aromatic nitrogens is 3. The maximum atomic E-state index is 14.8. The molecule has 4 aromatic rings. The molecule has 2 aromatic heterocycles. The predicted octanol–water partition coefficient (Wildman–Crippen LogP) is 6.55. The van der Waals surface area contributed by atoms with Crippen LogP contribution in [0.3, 0.4) is 0 Å². The molecule has 4 fully saturated rings. The molecule has 5 heterocycles. The average molecular weight is 768 g/mol. The average Bonchev–Trinajstić information content (AvgIpc) is 3.67. The third-order valence-corrected chi connectivity index (χ3v) is 14.1. The third kappa shape index (κ3) is 6.28. The van der Waals surface area contributed by atoms with Gasteiger partial charge in [-0.15, -0.1) is 0 Å². The number of ether oxygens (including phenoxy) is 3. The van der Waals surface area contributed by atoms with Crippen molar-refractivity contribution in [2.24, 2.45) is 0 Å². The van der Waals surface area contributed by atoms with Crippen LogP contribution in [0.4, 0.5) is 0 Å². The van der Waals surface area contributed by atoms with Crippen molar-refractivity contribution in [1.82, 2.24) is 24.0 Å². The van der Waals surface area contributed by atoms with Crippen molar-refractivity contribution in [2.75, 3.05) is 33.5 Å². The first-order chi connectivity index (χ1) is 26.6. The van der Waals surface area contributed by atoms with Crippen molar-refractivity contribution >= 4 is 44.4 Å². The van der Waals surface area contributed by atoms with E-state index in [2.05, 4.69) is 32.2 Å². The number of carbonyl (C=O) groups is 2. The molecule has 5 aliphatic rings. The number of carbonyl (C=O) groups excluding carboxylic acids is 2. The number of allylic oxidation sites excluding steroid dienone is 1. The van der Waals surface area contributed by atoms with E-state index in [-0.39, 0.29) is 29.6 Å². The summed E-state index contributed by atoms with van der Waals surface area (Å²) in [5.74, 6) is 0.318. The van der Waals surface area contributed by atoms with E-state index in [1.54, 1.807) is 33.2 Å². The highest BCUT2D eigenvalue weighted by molar-refractivity contribution is 7.90. The number of amides is 2. The summed E-state index contributed by atoms with van der Waals surface area (Å²) in [6.45, 7) is 5.23. The Kier molecular flexibility index (Phi) is 9.37. The number of rotatable bonds is 8. The summed E-state index contributed by atoms with van der Waals surface area (Å²) in [6, 6.07) is 11.6. The van der Waals surface area contributed by atoms with Crippen molar-refractivity contribution in [3.05, 3.63) is 70.5 Å². The fourth-order valence-electron chi connectivity index (χ4n) is 9.25. The first-order valence-corrected chi connectivity index (χ1v) is 21.3. The number of morpholine rings is 2. The summed E-state index contributed by atoms with van der Waals surface area (Å²) < 4.78 is 49.8. The predicted molar refractivity (Wildman–Crippen MR) is 210 cm³/mol. The van der Waals surface area contributed by atoms with Gasteiger partial charge in [0.05, 0.1) is 86.6 Å². The topological polar surface area (TPSA) is 134 Å². The number of nitrogens with zero attached hydrogens (tertiary/aromatic N) is 4. The summed E-state index contributed by atoms with van der Waals surface area (Å²) in [7, 11) is -2.17. The van der Waals surface area contributed by atoms with Gasteiger partial charge < -0.3 is 23.7 Å². The highest BCUT2D eigenvalue weighted by atomic mass is 32.2. The second-order valence-electron chi connectivity index (χ2n) is 16.1. The lowest BCUT2D eigenvalue weighted by Gasteiger charge is -2.45. The minimum absolute atomic E-state index is 0.0658. The fraction of sp³-hybridized carbons (Fsp3) is 0.500. The Bertz CT molecular complexity index is 2290. The van der Waals surface area contributed by atoms with Crippen LogP contribution >= 0.6 is 0 Å². The van der Waals surface area contributed by atoms with Gasteiger partial charge in [0, 0.05) is 22.0 Å². The van der Waals surface area contributed by atoms with Crippen LogP contribution in [0.15, 0.2) is 42.6 Å². The number of benzene rings is 2. The van der Waals surface area contributed by atoms with Crippen LogP contribution in [0.1, 0.15) is 115 Å². The van der Waals surface area contributed by atoms with Crippen molar-refractivity contribution < 1.29 is 32.2 Å². The van der Waals surface area contributed by atoms with Crippen LogP contribution in [0.2, 0.25) is 0 Å². The van der Waals surface area contributed by atoms with E-state index >= 15 is 0 Å². The highest BCUT2D eigenvalue weighted by Gasteiger charge is 2.42. The Labute approximate surface area is 321 Å². The van der Waals surface area contributed by atoms with Crippen molar-refractivity contribution in [2.45, 2.75) is 101 Å². The molecule has 2 saturated carbocycles. The van der Waals surface area contributed by atoms with Gasteiger partial charge >= 0.3 is 0 Å². The van der Waals surface area contributed by atoms with Crippen molar-refractivity contribution in [3.63, 3.8) is 0 Å². The first kappa shape index (κ1) is 36.2. The molecule has 9 rings (SSSR count). The molecule has 12 nitrogen and oxygen atoms in total. The lowest BCUT2D eigenvalue weighted by atomic mass is 9.81. The second-order valence-corrected chi connectivity index (χ2v) is 18.3. The minimum Gasteiger partial charge on any atom is -0.497 e. The van der Waals surface area contributed by atoms with Crippen LogP contribution in [0.5, 0.6) is 5.75 Å². The number of fused-ring (bicyclic) bond motifs is 7. The molecule has 0 unspecified atom stereocenters. The summed E-state index contributed by atoms with van der Waals surface area (Å²) in [5.41, 5.74) is 7.78. The van der Waals surface area contributed by atoms with Gasteiger partial charge in [0.1, 0.15) is 5.75 Å². The third-order valence-electron chi connectivity index (χ3n) is 12.4. The number of nitrogens with one attached hydrogen (secondary N) is 1. The van der Waals surface area contributed by atoms with Crippen molar-refractivity contribution in [3.8, 4) is 17.0 Å². The van der Waals surface area contributed by atoms with E-state index in [0.717, 1.165) is 89.7 Å². The van der Waals surface area contributed by atoms with E-state index in [9.17, 15) is 18.0 Å². The Morgan fingerprint density at radius 1 is 0.891 bits per heavy atom. The summed E-state index contributed by atoms with van der Waals surface area (Å²) in [4.78, 5) is 30.4. The molecule has 2 bridgehead atoms. The lowest BCUT2D eigenvalue weighted by molar-refractivity contribution is -0.119. The maximum absolute atomic E-state index is 14.8. The minimum atomic E-state index is -3.85. The quantitative estimate of drug-likeness (QED) is 0.214. The zero-order valence-electron chi connectivity index (χ0n) is 31.8. The molecule has 2 amide bonds. The molecule has 2 aromatic carbocycles. The largest absolute Gasteiger partial charge is 0.497 e. The van der Waals surface area contributed by atoms with Gasteiger partial charge in [0.25, 0.3) is 11.8 Å². The van der Waals surface area contributed by atoms with E-state index in [4.69, 9.17) is 19.3 Å². The second kappa shape index (κ2) is 14.2. The summed E-state index contributed by atoms with van der Waals surface area (Å²) in [5, 5.41) is 5.24. The molecule has 2 aliphatic carbocycles. The summed E-state index contributed by atoms with van der Waals surface area (Å²) >= 11 is 0. The fourth-order valence-corrected chi connectivity index (χ4v) is 9.86. The molecule has 290 valence electrons. The molecule has 1 N–H and O–H groups in total. The molecular formula is C42H49N5O7S. The highest BCUT2D eigenvalue weighted by Crippen LogP contribution is 2.48. The molecule has 55 heavy (non-hydrogen) atoms. The number of hydrogen-bond donors (Lipinski definition) is 1. The number of sulfonamides is 1. The van der Waals surface area contributed by atoms with E-state index in [1.807, 2.05) is 23.1 Å². The zero-order chi connectivity index (χ0) is 38.0. The van der Waals surface area contributed by atoms with Crippen LogP contribution in [0.25, 0.3) is 33.8 Å². The van der Waals surface area contributed by atoms with Gasteiger partial charge in [-0.3, -0.25) is 14.3 Å². The Morgan fingerprint density at radius 2 is 1.62 bits per heavy atom. The van der Waals surface area contributed by atoms with Crippen LogP contribution in [-0.4, -0.2) is 90.4 Å². The van der Waals surface area contributed by atoms with Crippen LogP contribution < -0.4 is 9.46 Å². The molecular weight excluding hydrogens is 719 g/mol. The number of methoxy groups -OCH3 is 1. The molecule has 0 spiro atoms. The molecule has 13 heteroatoms. The van der Waals surface area contributed by atoms with Gasteiger partial charge in [-0.2, -0.15) is 5.10 Å². The number of hydrogen-bond acceptors (Lipinski definition) is 8.